The summed E-state index contributed by atoms with van der Waals surface area (Å²) >= 11 is 3.33. The number of hydrogen-bond acceptors (Lipinski definition) is 2. The van der Waals surface area contributed by atoms with E-state index in [2.05, 4.69) is 30.9 Å². The van der Waals surface area contributed by atoms with Crippen molar-refractivity contribution in [3.63, 3.8) is 0 Å². The van der Waals surface area contributed by atoms with Gasteiger partial charge in [0.25, 0.3) is 0 Å². The SMILES string of the molecule is Cc1ccc2[nH]c(-c3cc(Br)ccc3F)nc2n1. The van der Waals surface area contributed by atoms with Gasteiger partial charge in [0.15, 0.2) is 5.65 Å². The van der Waals surface area contributed by atoms with Gasteiger partial charge in [0.1, 0.15) is 11.6 Å². The van der Waals surface area contributed by atoms with Crippen molar-refractivity contribution in [3.8, 4) is 11.4 Å². The standard InChI is InChI=1S/C13H9BrFN3/c1-7-2-5-11-13(16-7)18-12(17-11)9-6-8(14)3-4-10(9)15/h2-6H,1H3,(H,16,17,18). The lowest BCUT2D eigenvalue weighted by Crippen LogP contribution is -1.86. The first kappa shape index (κ1) is 11.3. The van der Waals surface area contributed by atoms with Crippen LogP contribution in [0.4, 0.5) is 4.39 Å². The number of benzene rings is 1. The highest BCUT2D eigenvalue weighted by Gasteiger charge is 2.11. The zero-order valence-corrected chi connectivity index (χ0v) is 11.1. The number of H-pyrrole nitrogens is 1. The van der Waals surface area contributed by atoms with Gasteiger partial charge in [-0.2, -0.15) is 0 Å². The van der Waals surface area contributed by atoms with E-state index in [0.717, 1.165) is 15.7 Å². The minimum atomic E-state index is -0.311. The smallest absolute Gasteiger partial charge is 0.178 e. The zero-order chi connectivity index (χ0) is 12.7. The number of pyridine rings is 1. The molecule has 0 saturated carbocycles. The molecule has 0 saturated heterocycles. The fourth-order valence-corrected chi connectivity index (χ4v) is 2.15. The molecule has 3 rings (SSSR count). The van der Waals surface area contributed by atoms with Gasteiger partial charge in [0, 0.05) is 10.2 Å². The molecule has 0 radical (unpaired) electrons. The Morgan fingerprint density at radius 1 is 1.17 bits per heavy atom. The molecule has 0 unspecified atom stereocenters. The van der Waals surface area contributed by atoms with Gasteiger partial charge in [-0.3, -0.25) is 0 Å². The molecule has 0 amide bonds. The molecule has 0 bridgehead atoms. The molecule has 0 aliphatic rings. The van der Waals surface area contributed by atoms with Gasteiger partial charge < -0.3 is 4.98 Å². The fraction of sp³-hybridized carbons (Fsp3) is 0.0769. The maximum Gasteiger partial charge on any atom is 0.178 e. The minimum Gasteiger partial charge on any atom is -0.336 e. The maximum atomic E-state index is 13.8. The van der Waals surface area contributed by atoms with Crippen LogP contribution in [-0.2, 0) is 0 Å². The number of rotatable bonds is 1. The van der Waals surface area contributed by atoms with E-state index in [1.807, 2.05) is 19.1 Å². The van der Waals surface area contributed by atoms with Crippen LogP contribution in [0.15, 0.2) is 34.8 Å². The monoisotopic (exact) mass is 305 g/mol. The van der Waals surface area contributed by atoms with Crippen LogP contribution < -0.4 is 0 Å². The Bertz CT molecular complexity index is 736. The van der Waals surface area contributed by atoms with Crippen molar-refractivity contribution in [3.05, 3.63) is 46.3 Å². The summed E-state index contributed by atoms with van der Waals surface area (Å²) in [6.45, 7) is 1.90. The van der Waals surface area contributed by atoms with Gasteiger partial charge in [-0.05, 0) is 37.3 Å². The van der Waals surface area contributed by atoms with Crippen molar-refractivity contribution in [1.29, 1.82) is 0 Å². The number of imidazole rings is 1. The molecule has 0 spiro atoms. The Morgan fingerprint density at radius 3 is 2.83 bits per heavy atom. The molecular formula is C13H9BrFN3. The summed E-state index contributed by atoms with van der Waals surface area (Å²) in [6, 6.07) is 8.54. The molecular weight excluding hydrogens is 297 g/mol. The molecule has 0 aliphatic heterocycles. The Kier molecular flexibility index (Phi) is 2.63. The van der Waals surface area contributed by atoms with Crippen LogP contribution in [0.25, 0.3) is 22.6 Å². The van der Waals surface area contributed by atoms with Gasteiger partial charge in [0.2, 0.25) is 0 Å². The van der Waals surface area contributed by atoms with Gasteiger partial charge in [-0.1, -0.05) is 15.9 Å². The van der Waals surface area contributed by atoms with Crippen LogP contribution >= 0.6 is 15.9 Å². The van der Waals surface area contributed by atoms with Crippen LogP contribution in [0.2, 0.25) is 0 Å². The average Bonchev–Trinajstić information content (AvgIpc) is 2.74. The van der Waals surface area contributed by atoms with Crippen LogP contribution in [0.1, 0.15) is 5.69 Å². The van der Waals surface area contributed by atoms with E-state index >= 15 is 0 Å². The van der Waals surface area contributed by atoms with E-state index in [1.165, 1.54) is 6.07 Å². The van der Waals surface area contributed by atoms with E-state index in [4.69, 9.17) is 0 Å². The van der Waals surface area contributed by atoms with Crippen molar-refractivity contribution < 1.29 is 4.39 Å². The zero-order valence-electron chi connectivity index (χ0n) is 9.54. The van der Waals surface area contributed by atoms with Crippen molar-refractivity contribution in [2.75, 3.05) is 0 Å². The lowest BCUT2D eigenvalue weighted by molar-refractivity contribution is 0.630. The summed E-state index contributed by atoms with van der Waals surface area (Å²) in [5.41, 5.74) is 2.72. The predicted octanol–water partition coefficient (Wildman–Crippen LogP) is 3.83. The first-order valence-corrected chi connectivity index (χ1v) is 6.21. The van der Waals surface area contributed by atoms with E-state index in [-0.39, 0.29) is 5.82 Å². The summed E-state index contributed by atoms with van der Waals surface area (Å²) in [7, 11) is 0. The summed E-state index contributed by atoms with van der Waals surface area (Å²) in [5, 5.41) is 0. The third-order valence-corrected chi connectivity index (χ3v) is 3.16. The third kappa shape index (κ3) is 1.90. The Labute approximate surface area is 111 Å². The third-order valence-electron chi connectivity index (χ3n) is 2.67. The molecule has 1 aromatic carbocycles. The molecule has 18 heavy (non-hydrogen) atoms. The molecule has 2 heterocycles. The number of aryl methyl sites for hydroxylation is 1. The number of fused-ring (bicyclic) bond motifs is 1. The summed E-state index contributed by atoms with van der Waals surface area (Å²) in [4.78, 5) is 11.7. The lowest BCUT2D eigenvalue weighted by atomic mass is 10.2. The summed E-state index contributed by atoms with van der Waals surface area (Å²) in [5.74, 6) is 0.177. The second kappa shape index (κ2) is 4.17. The van der Waals surface area contributed by atoms with E-state index in [9.17, 15) is 4.39 Å². The highest BCUT2D eigenvalue weighted by Crippen LogP contribution is 2.25. The van der Waals surface area contributed by atoms with Crippen LogP contribution in [0, 0.1) is 12.7 Å². The Hall–Kier alpha value is -1.75. The van der Waals surface area contributed by atoms with Gasteiger partial charge in [-0.25, -0.2) is 14.4 Å². The number of aromatic amines is 1. The van der Waals surface area contributed by atoms with Crippen molar-refractivity contribution in [1.82, 2.24) is 15.0 Å². The Morgan fingerprint density at radius 2 is 2.00 bits per heavy atom. The second-order valence-corrected chi connectivity index (χ2v) is 4.95. The molecule has 0 atom stereocenters. The van der Waals surface area contributed by atoms with Crippen LogP contribution in [0.3, 0.4) is 0 Å². The topological polar surface area (TPSA) is 41.6 Å². The fourth-order valence-electron chi connectivity index (χ4n) is 1.79. The number of nitrogens with one attached hydrogen (secondary N) is 1. The van der Waals surface area contributed by atoms with Crippen LogP contribution in [0.5, 0.6) is 0 Å². The van der Waals surface area contributed by atoms with Crippen LogP contribution in [-0.4, -0.2) is 15.0 Å². The number of halogens is 2. The average molecular weight is 306 g/mol. The first-order valence-electron chi connectivity index (χ1n) is 5.42. The molecule has 2 aromatic heterocycles. The van der Waals surface area contributed by atoms with Gasteiger partial charge >= 0.3 is 0 Å². The largest absolute Gasteiger partial charge is 0.336 e. The van der Waals surface area contributed by atoms with Gasteiger partial charge in [0.05, 0.1) is 11.1 Å². The molecule has 3 nitrogen and oxygen atoms in total. The van der Waals surface area contributed by atoms with E-state index < -0.39 is 0 Å². The number of nitrogens with zero attached hydrogens (tertiary/aromatic N) is 2. The molecule has 0 fully saturated rings. The quantitative estimate of drug-likeness (QED) is 0.742. The second-order valence-electron chi connectivity index (χ2n) is 4.03. The van der Waals surface area contributed by atoms with Crippen molar-refractivity contribution in [2.24, 2.45) is 0 Å². The number of aromatic nitrogens is 3. The summed E-state index contributed by atoms with van der Waals surface area (Å²) < 4.78 is 14.6. The van der Waals surface area contributed by atoms with Crippen molar-refractivity contribution >= 4 is 27.1 Å². The molecule has 0 aliphatic carbocycles. The molecule has 90 valence electrons. The summed E-state index contributed by atoms with van der Waals surface area (Å²) in [6.07, 6.45) is 0. The molecule has 1 N–H and O–H groups in total. The maximum absolute atomic E-state index is 13.8. The van der Waals surface area contributed by atoms with Gasteiger partial charge in [-0.15, -0.1) is 0 Å². The van der Waals surface area contributed by atoms with E-state index in [1.54, 1.807) is 12.1 Å². The van der Waals surface area contributed by atoms with Crippen molar-refractivity contribution in [2.45, 2.75) is 6.92 Å². The lowest BCUT2D eigenvalue weighted by Gasteiger charge is -1.99. The normalized spacial score (nSPS) is 11.1. The van der Waals surface area contributed by atoms with E-state index in [0.29, 0.717) is 17.0 Å². The Balaban J connectivity index is 2.22. The molecule has 5 heteroatoms. The number of hydrogen-bond donors (Lipinski definition) is 1. The highest BCUT2D eigenvalue weighted by atomic mass is 79.9. The molecule has 3 aromatic rings. The minimum absolute atomic E-state index is 0.311. The highest BCUT2D eigenvalue weighted by molar-refractivity contribution is 9.10. The predicted molar refractivity (Wildman–Crippen MR) is 71.7 cm³/mol. The first-order chi connectivity index (χ1) is 8.63.